The Morgan fingerprint density at radius 3 is 2.07 bits per heavy atom. The molecule has 0 unspecified atom stereocenters. The third kappa shape index (κ3) is 4.91. The Morgan fingerprint density at radius 2 is 1.48 bits per heavy atom. The number of hydrogen-bond donors (Lipinski definition) is 0. The summed E-state index contributed by atoms with van der Waals surface area (Å²) < 4.78 is 43.3. The van der Waals surface area contributed by atoms with Gasteiger partial charge in [0.15, 0.2) is 11.5 Å². The maximum absolute atomic E-state index is 13.0. The summed E-state index contributed by atoms with van der Waals surface area (Å²) in [7, 11) is -0.503. The van der Waals surface area contributed by atoms with Gasteiger partial charge in [0.1, 0.15) is 0 Å². The zero-order valence-electron chi connectivity index (χ0n) is 16.1. The number of nitrogens with zero attached hydrogens (tertiary/aromatic N) is 3. The van der Waals surface area contributed by atoms with Crippen LogP contribution in [0.25, 0.3) is 0 Å². The van der Waals surface area contributed by atoms with Gasteiger partial charge >= 0.3 is 0 Å². The first-order valence-electron chi connectivity index (χ1n) is 9.29. The van der Waals surface area contributed by atoms with E-state index in [1.54, 1.807) is 16.4 Å². The molecule has 0 N–H and O–H groups in total. The number of morpholine rings is 1. The van der Waals surface area contributed by atoms with E-state index in [0.29, 0.717) is 24.6 Å². The molecular weight excluding hydrogens is 370 g/mol. The molecule has 2 aliphatic heterocycles. The molecule has 2 heterocycles. The first-order valence-corrected chi connectivity index (χ1v) is 10.7. The van der Waals surface area contributed by atoms with Crippen molar-refractivity contribution >= 4 is 10.0 Å². The van der Waals surface area contributed by atoms with E-state index in [1.165, 1.54) is 20.3 Å². The molecule has 8 nitrogen and oxygen atoms in total. The van der Waals surface area contributed by atoms with Crippen molar-refractivity contribution in [2.24, 2.45) is 0 Å². The topological polar surface area (TPSA) is 71.6 Å². The van der Waals surface area contributed by atoms with Crippen molar-refractivity contribution in [2.45, 2.75) is 4.90 Å². The van der Waals surface area contributed by atoms with Crippen LogP contribution in [0.15, 0.2) is 23.1 Å². The zero-order chi connectivity index (χ0) is 19.3. The highest BCUT2D eigenvalue weighted by Gasteiger charge is 2.29. The quantitative estimate of drug-likeness (QED) is 0.655. The summed E-state index contributed by atoms with van der Waals surface area (Å²) in [5, 5.41) is 0. The monoisotopic (exact) mass is 399 g/mol. The molecule has 1 aromatic rings. The van der Waals surface area contributed by atoms with E-state index < -0.39 is 10.0 Å². The number of methoxy groups -OCH3 is 2. The molecule has 2 fully saturated rings. The molecule has 0 amide bonds. The van der Waals surface area contributed by atoms with Gasteiger partial charge in [-0.15, -0.1) is 0 Å². The van der Waals surface area contributed by atoms with Crippen LogP contribution in [0.5, 0.6) is 11.5 Å². The molecule has 27 heavy (non-hydrogen) atoms. The molecule has 0 radical (unpaired) electrons. The third-order valence-electron chi connectivity index (χ3n) is 5.16. The number of ether oxygens (including phenoxy) is 3. The minimum absolute atomic E-state index is 0.238. The second-order valence-electron chi connectivity index (χ2n) is 6.72. The molecule has 0 aromatic heterocycles. The van der Waals surface area contributed by atoms with Crippen molar-refractivity contribution in [2.75, 3.05) is 79.8 Å². The van der Waals surface area contributed by atoms with Crippen LogP contribution in [0.1, 0.15) is 0 Å². The highest BCUT2D eigenvalue weighted by molar-refractivity contribution is 7.89. The lowest BCUT2D eigenvalue weighted by molar-refractivity contribution is 0.0317. The van der Waals surface area contributed by atoms with E-state index in [4.69, 9.17) is 14.2 Å². The second-order valence-corrected chi connectivity index (χ2v) is 8.65. The van der Waals surface area contributed by atoms with Crippen molar-refractivity contribution < 1.29 is 22.6 Å². The van der Waals surface area contributed by atoms with E-state index in [2.05, 4.69) is 9.80 Å². The van der Waals surface area contributed by atoms with Gasteiger partial charge in [-0.1, -0.05) is 0 Å². The minimum atomic E-state index is -3.53. The minimum Gasteiger partial charge on any atom is -0.493 e. The fourth-order valence-corrected chi connectivity index (χ4v) is 4.87. The first kappa shape index (κ1) is 20.3. The maximum Gasteiger partial charge on any atom is 0.243 e. The van der Waals surface area contributed by atoms with Gasteiger partial charge in [0.2, 0.25) is 10.0 Å². The second kappa shape index (κ2) is 9.20. The van der Waals surface area contributed by atoms with Crippen LogP contribution in [-0.2, 0) is 14.8 Å². The van der Waals surface area contributed by atoms with E-state index >= 15 is 0 Å². The summed E-state index contributed by atoms with van der Waals surface area (Å²) in [5.41, 5.74) is 0. The molecule has 9 heteroatoms. The SMILES string of the molecule is COc1ccc(S(=O)(=O)N2CCN(CCN3CCOCC3)CC2)cc1OC. The lowest BCUT2D eigenvalue weighted by atomic mass is 10.3. The summed E-state index contributed by atoms with van der Waals surface area (Å²) in [6.07, 6.45) is 0. The molecule has 0 saturated carbocycles. The number of rotatable bonds is 7. The van der Waals surface area contributed by atoms with E-state index in [9.17, 15) is 8.42 Å². The predicted octanol–water partition coefficient (Wildman–Crippen LogP) is 0.342. The van der Waals surface area contributed by atoms with Crippen LogP contribution in [-0.4, -0.2) is 102 Å². The standard InChI is InChI=1S/C18H29N3O5S/c1-24-17-4-3-16(15-18(17)25-2)27(22,23)21-9-7-19(8-10-21)5-6-20-11-13-26-14-12-20/h3-4,15H,5-14H2,1-2H3. The maximum atomic E-state index is 13.0. The van der Waals surface area contributed by atoms with Gasteiger partial charge in [0.25, 0.3) is 0 Å². The zero-order valence-corrected chi connectivity index (χ0v) is 16.9. The molecule has 2 saturated heterocycles. The molecule has 3 rings (SSSR count). The van der Waals surface area contributed by atoms with E-state index in [-0.39, 0.29) is 4.90 Å². The third-order valence-corrected chi connectivity index (χ3v) is 7.05. The average Bonchev–Trinajstić information content (AvgIpc) is 2.72. The molecule has 0 spiro atoms. The highest BCUT2D eigenvalue weighted by Crippen LogP contribution is 2.30. The lowest BCUT2D eigenvalue weighted by Gasteiger charge is -2.35. The van der Waals surface area contributed by atoms with Gasteiger partial charge in [-0.05, 0) is 12.1 Å². The lowest BCUT2D eigenvalue weighted by Crippen LogP contribution is -2.50. The van der Waals surface area contributed by atoms with Crippen molar-refractivity contribution in [1.82, 2.24) is 14.1 Å². The average molecular weight is 400 g/mol. The van der Waals surface area contributed by atoms with Gasteiger partial charge in [-0.2, -0.15) is 4.31 Å². The number of benzene rings is 1. The Hall–Kier alpha value is -1.39. The molecular formula is C18H29N3O5S. The Labute approximate surface area is 161 Å². The Kier molecular flexibility index (Phi) is 6.93. The molecule has 1 aromatic carbocycles. The van der Waals surface area contributed by atoms with E-state index in [0.717, 1.165) is 52.5 Å². The van der Waals surface area contributed by atoms with Gasteiger partial charge in [0, 0.05) is 58.4 Å². The number of hydrogen-bond acceptors (Lipinski definition) is 7. The molecule has 0 aliphatic carbocycles. The largest absolute Gasteiger partial charge is 0.493 e. The first-order chi connectivity index (χ1) is 13.0. The van der Waals surface area contributed by atoms with E-state index in [1.807, 2.05) is 0 Å². The van der Waals surface area contributed by atoms with Crippen LogP contribution in [0.2, 0.25) is 0 Å². The van der Waals surface area contributed by atoms with Crippen molar-refractivity contribution in [3.63, 3.8) is 0 Å². The molecule has 0 bridgehead atoms. The van der Waals surface area contributed by atoms with Gasteiger partial charge in [0.05, 0.1) is 32.3 Å². The fraction of sp³-hybridized carbons (Fsp3) is 0.667. The van der Waals surface area contributed by atoms with Crippen LogP contribution >= 0.6 is 0 Å². The van der Waals surface area contributed by atoms with Crippen LogP contribution in [0.3, 0.4) is 0 Å². The summed E-state index contributed by atoms with van der Waals surface area (Å²) in [6.45, 7) is 8.03. The summed E-state index contributed by atoms with van der Waals surface area (Å²) >= 11 is 0. The number of piperazine rings is 1. The highest BCUT2D eigenvalue weighted by atomic mass is 32.2. The van der Waals surface area contributed by atoms with Crippen molar-refractivity contribution in [3.05, 3.63) is 18.2 Å². The van der Waals surface area contributed by atoms with Gasteiger partial charge in [-0.25, -0.2) is 8.42 Å². The molecule has 2 aliphatic rings. The Balaban J connectivity index is 1.56. The predicted molar refractivity (Wildman–Crippen MR) is 102 cm³/mol. The van der Waals surface area contributed by atoms with Gasteiger partial charge < -0.3 is 14.2 Å². The summed E-state index contributed by atoms with van der Waals surface area (Å²) in [5.74, 6) is 0.937. The molecule has 152 valence electrons. The van der Waals surface area contributed by atoms with Gasteiger partial charge in [-0.3, -0.25) is 9.80 Å². The number of sulfonamides is 1. The normalized spacial score (nSPS) is 20.5. The fourth-order valence-electron chi connectivity index (χ4n) is 3.43. The van der Waals surface area contributed by atoms with Crippen LogP contribution in [0.4, 0.5) is 0 Å². The summed E-state index contributed by atoms with van der Waals surface area (Å²) in [4.78, 5) is 4.97. The Morgan fingerprint density at radius 1 is 0.889 bits per heavy atom. The van der Waals surface area contributed by atoms with Crippen LogP contribution in [0, 0.1) is 0 Å². The molecule has 0 atom stereocenters. The van der Waals surface area contributed by atoms with Crippen molar-refractivity contribution in [3.8, 4) is 11.5 Å². The van der Waals surface area contributed by atoms with Crippen LogP contribution < -0.4 is 9.47 Å². The summed E-state index contributed by atoms with van der Waals surface area (Å²) in [6, 6.07) is 4.73. The smallest absolute Gasteiger partial charge is 0.243 e. The van der Waals surface area contributed by atoms with Crippen molar-refractivity contribution in [1.29, 1.82) is 0 Å². The Bertz CT molecular complexity index is 714.